The van der Waals surface area contributed by atoms with Crippen LogP contribution in [0.5, 0.6) is 0 Å². The molecular formula is C23H39IN4O2S. The van der Waals surface area contributed by atoms with E-state index >= 15 is 0 Å². The number of fused-ring (bicyclic) bond motifs is 1. The van der Waals surface area contributed by atoms with E-state index in [0.29, 0.717) is 18.2 Å². The zero-order valence-corrected chi connectivity index (χ0v) is 22.2. The van der Waals surface area contributed by atoms with Gasteiger partial charge in [0.2, 0.25) is 0 Å². The number of nitrogens with one attached hydrogen (secondary N) is 1. The van der Waals surface area contributed by atoms with Crippen molar-refractivity contribution in [1.29, 1.82) is 0 Å². The van der Waals surface area contributed by atoms with Crippen LogP contribution >= 0.6 is 35.3 Å². The molecule has 3 aliphatic heterocycles. The fraction of sp³-hybridized carbons (Fsp3) is 0.783. The molecule has 176 valence electrons. The van der Waals surface area contributed by atoms with Crippen LogP contribution in [0, 0.1) is 0 Å². The molecule has 2 unspecified atom stereocenters. The molecule has 0 aliphatic carbocycles. The van der Waals surface area contributed by atoms with Crippen LogP contribution in [0.2, 0.25) is 0 Å². The van der Waals surface area contributed by atoms with Gasteiger partial charge in [-0.3, -0.25) is 9.89 Å². The molecule has 0 bridgehead atoms. The maximum Gasteiger partial charge on any atom is 0.193 e. The van der Waals surface area contributed by atoms with Crippen molar-refractivity contribution in [3.63, 3.8) is 0 Å². The van der Waals surface area contributed by atoms with Crippen LogP contribution in [0.1, 0.15) is 49.5 Å². The number of halogens is 1. The Kier molecular flexibility index (Phi) is 10.3. The molecule has 0 saturated carbocycles. The normalized spacial score (nSPS) is 24.4. The number of piperidine rings is 1. The van der Waals surface area contributed by atoms with E-state index in [4.69, 9.17) is 9.47 Å². The van der Waals surface area contributed by atoms with Crippen molar-refractivity contribution >= 4 is 41.3 Å². The monoisotopic (exact) mass is 562 g/mol. The number of ether oxygens (including phenoxy) is 2. The number of hydrogen-bond acceptors (Lipinski definition) is 5. The molecule has 1 N–H and O–H groups in total. The van der Waals surface area contributed by atoms with E-state index in [1.807, 2.05) is 18.4 Å². The third kappa shape index (κ3) is 7.03. The highest BCUT2D eigenvalue weighted by Crippen LogP contribution is 2.25. The summed E-state index contributed by atoms with van der Waals surface area (Å²) in [5.41, 5.74) is 1.52. The van der Waals surface area contributed by atoms with E-state index in [9.17, 15) is 0 Å². The van der Waals surface area contributed by atoms with Crippen LogP contribution in [0.25, 0.3) is 0 Å². The summed E-state index contributed by atoms with van der Waals surface area (Å²) < 4.78 is 12.0. The lowest BCUT2D eigenvalue weighted by Gasteiger charge is -2.36. The molecule has 0 radical (unpaired) electrons. The summed E-state index contributed by atoms with van der Waals surface area (Å²) >= 11 is 1.91. The van der Waals surface area contributed by atoms with Gasteiger partial charge >= 0.3 is 0 Å². The van der Waals surface area contributed by atoms with Crippen molar-refractivity contribution in [3.05, 3.63) is 21.9 Å². The van der Waals surface area contributed by atoms with Gasteiger partial charge in [0.05, 0.1) is 18.8 Å². The Labute approximate surface area is 208 Å². The first kappa shape index (κ1) is 25.2. The summed E-state index contributed by atoms with van der Waals surface area (Å²) in [7, 11) is 1.90. The molecule has 4 rings (SSSR count). The number of nitrogens with zero attached hydrogens (tertiary/aromatic N) is 3. The molecule has 6 nitrogen and oxygen atoms in total. The highest BCUT2D eigenvalue weighted by molar-refractivity contribution is 14.0. The zero-order chi connectivity index (χ0) is 20.8. The molecule has 31 heavy (non-hydrogen) atoms. The van der Waals surface area contributed by atoms with Crippen molar-refractivity contribution in [2.75, 3.05) is 46.4 Å². The Morgan fingerprint density at radius 1 is 1.29 bits per heavy atom. The summed E-state index contributed by atoms with van der Waals surface area (Å²) in [6.07, 6.45) is 7.62. The Bertz CT molecular complexity index is 687. The second kappa shape index (κ2) is 12.7. The minimum absolute atomic E-state index is 0. The SMILES string of the molecule is CN=C(NCC(C)N1CCc2sccc2C1)N1CCC(OCC2CCCCO2)CC1.I. The predicted octanol–water partition coefficient (Wildman–Crippen LogP) is 3.74. The standard InChI is InChI=1S/C23H38N4O2S.HI/c1-18(27-12-8-22-19(16-27)9-14-30-22)15-25-23(24-2)26-10-6-20(7-11-26)29-17-21-5-3-4-13-28-21;/h9,14,18,20-21H,3-8,10-13,15-17H2,1-2H3,(H,24,25);1H. The molecule has 0 amide bonds. The topological polar surface area (TPSA) is 49.3 Å². The third-order valence-corrected chi connectivity index (χ3v) is 7.78. The van der Waals surface area contributed by atoms with Gasteiger partial charge in [0, 0.05) is 57.3 Å². The zero-order valence-electron chi connectivity index (χ0n) is 19.1. The Morgan fingerprint density at radius 2 is 2.13 bits per heavy atom. The van der Waals surface area contributed by atoms with Crippen LogP contribution in [0.15, 0.2) is 16.4 Å². The van der Waals surface area contributed by atoms with Crippen molar-refractivity contribution < 1.29 is 9.47 Å². The van der Waals surface area contributed by atoms with Crippen molar-refractivity contribution in [1.82, 2.24) is 15.1 Å². The van der Waals surface area contributed by atoms with Crippen molar-refractivity contribution in [3.8, 4) is 0 Å². The number of likely N-dealkylation sites (tertiary alicyclic amines) is 1. The van der Waals surface area contributed by atoms with Crippen molar-refractivity contribution in [2.45, 2.75) is 70.2 Å². The first-order valence-corrected chi connectivity index (χ1v) is 12.6. The molecule has 2 saturated heterocycles. The molecule has 0 spiro atoms. The van der Waals surface area contributed by atoms with Gasteiger partial charge < -0.3 is 19.7 Å². The summed E-state index contributed by atoms with van der Waals surface area (Å²) in [5, 5.41) is 5.86. The smallest absolute Gasteiger partial charge is 0.193 e. The number of guanidine groups is 1. The molecule has 1 aromatic heterocycles. The first-order chi connectivity index (χ1) is 14.7. The molecule has 0 aromatic carbocycles. The minimum Gasteiger partial charge on any atom is -0.376 e. The average molecular weight is 563 g/mol. The summed E-state index contributed by atoms with van der Waals surface area (Å²) in [6, 6.07) is 2.78. The van der Waals surface area contributed by atoms with Crippen LogP contribution in [-0.2, 0) is 22.4 Å². The van der Waals surface area contributed by atoms with Gasteiger partial charge in [-0.05, 0) is 62.5 Å². The molecule has 8 heteroatoms. The number of thiophene rings is 1. The third-order valence-electron chi connectivity index (χ3n) is 6.76. The van der Waals surface area contributed by atoms with E-state index in [0.717, 1.165) is 71.2 Å². The predicted molar refractivity (Wildman–Crippen MR) is 139 cm³/mol. The lowest BCUT2D eigenvalue weighted by molar-refractivity contribution is -0.0721. The number of hydrogen-bond donors (Lipinski definition) is 1. The van der Waals surface area contributed by atoms with Crippen LogP contribution in [0.4, 0.5) is 0 Å². The van der Waals surface area contributed by atoms with Gasteiger partial charge in [0.1, 0.15) is 0 Å². The second-order valence-electron chi connectivity index (χ2n) is 8.87. The van der Waals surface area contributed by atoms with Crippen LogP contribution in [-0.4, -0.2) is 80.4 Å². The van der Waals surface area contributed by atoms with Crippen molar-refractivity contribution in [2.24, 2.45) is 4.99 Å². The first-order valence-electron chi connectivity index (χ1n) is 11.7. The summed E-state index contributed by atoms with van der Waals surface area (Å²) in [6.45, 7) is 9.16. The number of rotatable bonds is 6. The highest BCUT2D eigenvalue weighted by atomic mass is 127. The van der Waals surface area contributed by atoms with Gasteiger partial charge in [-0.2, -0.15) is 0 Å². The molecule has 2 fully saturated rings. The lowest BCUT2D eigenvalue weighted by Crippen LogP contribution is -2.51. The van der Waals surface area contributed by atoms with E-state index in [-0.39, 0.29) is 24.0 Å². The molecule has 2 atom stereocenters. The quantitative estimate of drug-likeness (QED) is 0.326. The Morgan fingerprint density at radius 3 is 2.87 bits per heavy atom. The lowest BCUT2D eigenvalue weighted by atomic mass is 10.1. The van der Waals surface area contributed by atoms with Gasteiger partial charge in [-0.25, -0.2) is 0 Å². The van der Waals surface area contributed by atoms with Gasteiger partial charge in [-0.15, -0.1) is 35.3 Å². The van der Waals surface area contributed by atoms with Crippen LogP contribution in [0.3, 0.4) is 0 Å². The summed E-state index contributed by atoms with van der Waals surface area (Å²) in [4.78, 5) is 11.1. The molecule has 1 aromatic rings. The maximum absolute atomic E-state index is 6.17. The van der Waals surface area contributed by atoms with Crippen LogP contribution < -0.4 is 5.32 Å². The fourth-order valence-corrected chi connectivity index (χ4v) is 5.65. The molecule has 3 aliphatic rings. The molecule has 4 heterocycles. The number of aliphatic imine (C=N–C) groups is 1. The highest BCUT2D eigenvalue weighted by Gasteiger charge is 2.25. The average Bonchev–Trinajstić information content (AvgIpc) is 3.27. The van der Waals surface area contributed by atoms with Gasteiger partial charge in [0.15, 0.2) is 5.96 Å². The Hall–Kier alpha value is -0.420. The van der Waals surface area contributed by atoms with Gasteiger partial charge in [-0.1, -0.05) is 0 Å². The maximum atomic E-state index is 6.17. The van der Waals surface area contributed by atoms with E-state index in [1.54, 1.807) is 4.88 Å². The van der Waals surface area contributed by atoms with E-state index in [2.05, 4.69) is 38.5 Å². The Balaban J connectivity index is 0.00000272. The van der Waals surface area contributed by atoms with E-state index in [1.165, 1.54) is 24.8 Å². The molecular weight excluding hydrogens is 523 g/mol. The largest absolute Gasteiger partial charge is 0.376 e. The van der Waals surface area contributed by atoms with E-state index < -0.39 is 0 Å². The fourth-order valence-electron chi connectivity index (χ4n) is 4.76. The minimum atomic E-state index is 0. The summed E-state index contributed by atoms with van der Waals surface area (Å²) in [5.74, 6) is 1.03. The van der Waals surface area contributed by atoms with Gasteiger partial charge in [0.25, 0.3) is 0 Å². The second-order valence-corrected chi connectivity index (χ2v) is 9.88.